The molecule has 0 saturated carbocycles. The number of hydrogen-bond donors (Lipinski definition) is 1. The highest BCUT2D eigenvalue weighted by Gasteiger charge is 2.14. The average molecular weight is 314 g/mol. The largest absolute Gasteiger partial charge is 0.355 e. The summed E-state index contributed by atoms with van der Waals surface area (Å²) in [6.45, 7) is 0. The van der Waals surface area contributed by atoms with Gasteiger partial charge in [-0.3, -0.25) is 10.1 Å². The van der Waals surface area contributed by atoms with Crippen LogP contribution in [0.3, 0.4) is 0 Å². The second kappa shape index (κ2) is 5.66. The summed E-state index contributed by atoms with van der Waals surface area (Å²) >= 11 is 0. The van der Waals surface area contributed by atoms with Gasteiger partial charge in [0.1, 0.15) is 0 Å². The fourth-order valence-corrected chi connectivity index (χ4v) is 2.94. The Kier molecular flexibility index (Phi) is 3.35. The number of nitrogens with zero attached hydrogens (tertiary/aromatic N) is 1. The van der Waals surface area contributed by atoms with Gasteiger partial charge in [0.15, 0.2) is 0 Å². The molecule has 1 aromatic heterocycles. The van der Waals surface area contributed by atoms with E-state index in [2.05, 4.69) is 11.1 Å². The minimum atomic E-state index is -0.344. The molecule has 0 spiro atoms. The Bertz CT molecular complexity index is 1040. The van der Waals surface area contributed by atoms with Gasteiger partial charge >= 0.3 is 0 Å². The van der Waals surface area contributed by atoms with Crippen LogP contribution in [0.15, 0.2) is 78.9 Å². The molecule has 0 atom stereocenters. The molecular weight excluding hydrogens is 300 g/mol. The van der Waals surface area contributed by atoms with E-state index in [1.165, 1.54) is 6.07 Å². The maximum Gasteiger partial charge on any atom is 0.277 e. The third kappa shape index (κ3) is 2.44. The fourth-order valence-electron chi connectivity index (χ4n) is 2.94. The summed E-state index contributed by atoms with van der Waals surface area (Å²) in [7, 11) is 0. The summed E-state index contributed by atoms with van der Waals surface area (Å²) in [4.78, 5) is 14.3. The van der Waals surface area contributed by atoms with Gasteiger partial charge in [-0.2, -0.15) is 0 Å². The van der Waals surface area contributed by atoms with Gasteiger partial charge in [0, 0.05) is 22.7 Å². The molecule has 3 aromatic carbocycles. The van der Waals surface area contributed by atoms with Gasteiger partial charge in [-0.05, 0) is 29.3 Å². The Morgan fingerprint density at radius 1 is 0.792 bits per heavy atom. The van der Waals surface area contributed by atoms with Crippen LogP contribution in [0.2, 0.25) is 0 Å². The van der Waals surface area contributed by atoms with Crippen molar-refractivity contribution in [3.8, 4) is 22.4 Å². The van der Waals surface area contributed by atoms with Crippen LogP contribution in [0.1, 0.15) is 0 Å². The lowest BCUT2D eigenvalue weighted by molar-refractivity contribution is -0.384. The fraction of sp³-hybridized carbons (Fsp3) is 0. The van der Waals surface area contributed by atoms with Gasteiger partial charge in [-0.1, -0.05) is 54.6 Å². The maximum absolute atomic E-state index is 11.2. The van der Waals surface area contributed by atoms with Gasteiger partial charge in [0.2, 0.25) is 0 Å². The number of H-pyrrole nitrogens is 1. The first-order chi connectivity index (χ1) is 11.7. The van der Waals surface area contributed by atoms with Crippen molar-refractivity contribution in [2.75, 3.05) is 0 Å². The topological polar surface area (TPSA) is 58.9 Å². The van der Waals surface area contributed by atoms with E-state index >= 15 is 0 Å². The van der Waals surface area contributed by atoms with Crippen molar-refractivity contribution in [3.05, 3.63) is 89.0 Å². The van der Waals surface area contributed by atoms with E-state index < -0.39 is 0 Å². The van der Waals surface area contributed by atoms with E-state index in [9.17, 15) is 10.1 Å². The minimum Gasteiger partial charge on any atom is -0.355 e. The molecule has 0 saturated heterocycles. The van der Waals surface area contributed by atoms with Crippen molar-refractivity contribution in [1.29, 1.82) is 0 Å². The van der Waals surface area contributed by atoms with Crippen molar-refractivity contribution >= 4 is 16.6 Å². The van der Waals surface area contributed by atoms with E-state index in [-0.39, 0.29) is 10.6 Å². The number of aromatic amines is 1. The second-order valence-corrected chi connectivity index (χ2v) is 5.63. The van der Waals surface area contributed by atoms with Gasteiger partial charge < -0.3 is 4.98 Å². The lowest BCUT2D eigenvalue weighted by atomic mass is 10.0. The number of fused-ring (bicyclic) bond motifs is 1. The van der Waals surface area contributed by atoms with Crippen molar-refractivity contribution < 1.29 is 4.92 Å². The molecule has 4 rings (SSSR count). The first-order valence-electron chi connectivity index (χ1n) is 7.64. The number of nitrogens with one attached hydrogen (secondary N) is 1. The number of para-hydroxylation sites is 1. The van der Waals surface area contributed by atoms with Gasteiger partial charge in [-0.15, -0.1) is 0 Å². The highest BCUT2D eigenvalue weighted by Crippen LogP contribution is 2.32. The molecule has 116 valence electrons. The highest BCUT2D eigenvalue weighted by atomic mass is 16.6. The van der Waals surface area contributed by atoms with E-state index in [1.54, 1.807) is 12.1 Å². The van der Waals surface area contributed by atoms with E-state index in [0.717, 1.165) is 27.7 Å². The minimum absolute atomic E-state index is 0.117. The molecule has 0 radical (unpaired) electrons. The highest BCUT2D eigenvalue weighted by molar-refractivity contribution is 5.90. The number of nitro benzene ring substituents is 1. The Hall–Kier alpha value is -3.40. The zero-order valence-electron chi connectivity index (χ0n) is 12.8. The lowest BCUT2D eigenvalue weighted by Gasteiger charge is -2.03. The molecule has 4 nitrogen and oxygen atoms in total. The van der Waals surface area contributed by atoms with Crippen LogP contribution in [0.25, 0.3) is 33.3 Å². The maximum atomic E-state index is 11.2. The Morgan fingerprint density at radius 2 is 1.54 bits per heavy atom. The van der Waals surface area contributed by atoms with Crippen LogP contribution < -0.4 is 0 Å². The predicted octanol–water partition coefficient (Wildman–Crippen LogP) is 5.41. The van der Waals surface area contributed by atoms with Crippen molar-refractivity contribution in [1.82, 2.24) is 4.98 Å². The molecule has 0 aliphatic heterocycles. The van der Waals surface area contributed by atoms with Gasteiger partial charge in [0.05, 0.1) is 10.5 Å². The average Bonchev–Trinajstić information content (AvgIpc) is 3.05. The third-order valence-electron chi connectivity index (χ3n) is 4.12. The third-order valence-corrected chi connectivity index (χ3v) is 4.12. The Labute approximate surface area is 138 Å². The number of hydrogen-bond acceptors (Lipinski definition) is 2. The summed E-state index contributed by atoms with van der Waals surface area (Å²) < 4.78 is 0. The second-order valence-electron chi connectivity index (χ2n) is 5.63. The lowest BCUT2D eigenvalue weighted by Crippen LogP contribution is -1.91. The molecule has 4 aromatic rings. The van der Waals surface area contributed by atoms with E-state index in [1.807, 2.05) is 54.6 Å². The number of aromatic nitrogens is 1. The summed E-state index contributed by atoms with van der Waals surface area (Å²) in [6, 6.07) is 24.9. The van der Waals surface area contributed by atoms with Crippen LogP contribution in [-0.4, -0.2) is 9.91 Å². The van der Waals surface area contributed by atoms with Crippen LogP contribution in [-0.2, 0) is 0 Å². The molecule has 1 N–H and O–H groups in total. The number of nitro groups is 1. The summed E-state index contributed by atoms with van der Waals surface area (Å²) in [5.41, 5.74) is 4.68. The molecule has 0 bridgehead atoms. The van der Waals surface area contributed by atoms with E-state index in [0.29, 0.717) is 5.56 Å². The standard InChI is InChI=1S/C20H14N2O2/c23-22(24)20-9-5-4-8-17(20)15-10-11-16-13-18(21-19(16)12-15)14-6-2-1-3-7-14/h1-13,21H. The van der Waals surface area contributed by atoms with Crippen molar-refractivity contribution in [3.63, 3.8) is 0 Å². The summed E-state index contributed by atoms with van der Waals surface area (Å²) in [5, 5.41) is 12.3. The molecule has 0 unspecified atom stereocenters. The van der Waals surface area contributed by atoms with Crippen LogP contribution in [0.5, 0.6) is 0 Å². The predicted molar refractivity (Wildman–Crippen MR) is 95.8 cm³/mol. The normalized spacial score (nSPS) is 10.8. The first-order valence-corrected chi connectivity index (χ1v) is 7.64. The first kappa shape index (κ1) is 14.2. The molecule has 4 heteroatoms. The van der Waals surface area contributed by atoms with E-state index in [4.69, 9.17) is 0 Å². The summed E-state index contributed by atoms with van der Waals surface area (Å²) in [6.07, 6.45) is 0. The molecular formula is C20H14N2O2. The van der Waals surface area contributed by atoms with Crippen molar-refractivity contribution in [2.45, 2.75) is 0 Å². The SMILES string of the molecule is O=[N+]([O-])c1ccccc1-c1ccc2cc(-c3ccccc3)[nH]c2c1. The van der Waals surface area contributed by atoms with Gasteiger partial charge in [-0.25, -0.2) is 0 Å². The Balaban J connectivity index is 1.84. The molecule has 0 amide bonds. The zero-order valence-corrected chi connectivity index (χ0v) is 12.8. The van der Waals surface area contributed by atoms with Crippen molar-refractivity contribution in [2.24, 2.45) is 0 Å². The van der Waals surface area contributed by atoms with Crippen LogP contribution >= 0.6 is 0 Å². The summed E-state index contributed by atoms with van der Waals surface area (Å²) in [5.74, 6) is 0. The smallest absolute Gasteiger partial charge is 0.277 e. The quantitative estimate of drug-likeness (QED) is 0.406. The molecule has 1 heterocycles. The molecule has 0 fully saturated rings. The number of rotatable bonds is 3. The molecule has 24 heavy (non-hydrogen) atoms. The number of benzene rings is 3. The molecule has 0 aliphatic rings. The van der Waals surface area contributed by atoms with Crippen LogP contribution in [0, 0.1) is 10.1 Å². The molecule has 0 aliphatic carbocycles. The zero-order chi connectivity index (χ0) is 16.5. The van der Waals surface area contributed by atoms with Gasteiger partial charge in [0.25, 0.3) is 5.69 Å². The van der Waals surface area contributed by atoms with Crippen LogP contribution in [0.4, 0.5) is 5.69 Å². The monoisotopic (exact) mass is 314 g/mol. The Morgan fingerprint density at radius 3 is 2.33 bits per heavy atom.